The van der Waals surface area contributed by atoms with Crippen LogP contribution in [0.15, 0.2) is 18.5 Å². The molecule has 1 aromatic heterocycles. The Kier molecular flexibility index (Phi) is 5.06. The summed E-state index contributed by atoms with van der Waals surface area (Å²) in [5.74, 6) is -0.220. The van der Waals surface area contributed by atoms with Gasteiger partial charge in [0.05, 0.1) is 6.20 Å². The van der Waals surface area contributed by atoms with Crippen LogP contribution in [-0.2, 0) is 0 Å². The summed E-state index contributed by atoms with van der Waals surface area (Å²) in [6, 6.07) is 1.82. The summed E-state index contributed by atoms with van der Waals surface area (Å²) in [6.45, 7) is 9.49. The van der Waals surface area contributed by atoms with E-state index < -0.39 is 0 Å². The van der Waals surface area contributed by atoms with Crippen molar-refractivity contribution in [2.24, 2.45) is 5.41 Å². The second kappa shape index (κ2) is 6.10. The molecule has 1 rings (SSSR count). The highest BCUT2D eigenvalue weighted by atomic mass is 19.1. The summed E-state index contributed by atoms with van der Waals surface area (Å²) in [4.78, 5) is 3.81. The Labute approximate surface area is 104 Å². The molecule has 3 heteroatoms. The zero-order valence-corrected chi connectivity index (χ0v) is 11.3. The zero-order valence-electron chi connectivity index (χ0n) is 11.3. The molecule has 0 saturated carbocycles. The van der Waals surface area contributed by atoms with Gasteiger partial charge in [0, 0.05) is 17.8 Å². The lowest BCUT2D eigenvalue weighted by Crippen LogP contribution is -2.35. The highest BCUT2D eigenvalue weighted by molar-refractivity contribution is 5.19. The average Bonchev–Trinajstić information content (AvgIpc) is 2.31. The first-order valence-electron chi connectivity index (χ1n) is 6.35. The van der Waals surface area contributed by atoms with Crippen LogP contribution < -0.4 is 5.32 Å². The van der Waals surface area contributed by atoms with Gasteiger partial charge in [0.2, 0.25) is 0 Å². The van der Waals surface area contributed by atoms with Gasteiger partial charge < -0.3 is 5.32 Å². The van der Waals surface area contributed by atoms with Gasteiger partial charge in [-0.05, 0) is 30.9 Å². The molecule has 0 aliphatic rings. The summed E-state index contributed by atoms with van der Waals surface area (Å²) < 4.78 is 13.8. The Balaban J connectivity index is 3.02. The van der Waals surface area contributed by atoms with Crippen LogP contribution in [-0.4, -0.2) is 11.5 Å². The van der Waals surface area contributed by atoms with E-state index in [1.54, 1.807) is 12.3 Å². The van der Waals surface area contributed by atoms with Crippen molar-refractivity contribution in [3.8, 4) is 0 Å². The van der Waals surface area contributed by atoms with Crippen LogP contribution in [0.5, 0.6) is 0 Å². The van der Waals surface area contributed by atoms with Gasteiger partial charge >= 0.3 is 0 Å². The quantitative estimate of drug-likeness (QED) is 0.817. The van der Waals surface area contributed by atoms with Gasteiger partial charge in [-0.3, -0.25) is 4.98 Å². The maximum absolute atomic E-state index is 13.8. The number of hydrogen-bond donors (Lipinski definition) is 1. The molecule has 96 valence electrons. The minimum absolute atomic E-state index is 0.0252. The highest BCUT2D eigenvalue weighted by Gasteiger charge is 2.30. The number of rotatable bonds is 6. The number of nitrogens with one attached hydrogen (secondary N) is 1. The van der Waals surface area contributed by atoms with Gasteiger partial charge in [0.25, 0.3) is 0 Å². The molecule has 0 spiro atoms. The topological polar surface area (TPSA) is 24.9 Å². The second-order valence-electron chi connectivity index (χ2n) is 5.13. The first kappa shape index (κ1) is 14.1. The largest absolute Gasteiger partial charge is 0.309 e. The Morgan fingerprint density at radius 1 is 1.41 bits per heavy atom. The Morgan fingerprint density at radius 2 is 2.12 bits per heavy atom. The van der Waals surface area contributed by atoms with Crippen molar-refractivity contribution >= 4 is 0 Å². The molecule has 0 fully saturated rings. The molecule has 0 aromatic carbocycles. The van der Waals surface area contributed by atoms with E-state index in [0.29, 0.717) is 0 Å². The van der Waals surface area contributed by atoms with Crippen LogP contribution in [0.3, 0.4) is 0 Å². The average molecular weight is 238 g/mol. The fourth-order valence-electron chi connectivity index (χ4n) is 1.92. The van der Waals surface area contributed by atoms with Gasteiger partial charge in [0.15, 0.2) is 0 Å². The first-order chi connectivity index (χ1) is 8.03. The van der Waals surface area contributed by atoms with Gasteiger partial charge in [-0.15, -0.1) is 0 Å². The molecule has 0 radical (unpaired) electrons. The standard InChI is InChI=1S/C14H23FN2/c1-5-8-17-13(14(3,4)6-2)11-7-9-16-10-12(11)15/h7,9-10,13,17H,5-6,8H2,1-4H3. The lowest BCUT2D eigenvalue weighted by atomic mass is 9.78. The van der Waals surface area contributed by atoms with E-state index in [1.165, 1.54) is 6.20 Å². The minimum atomic E-state index is -0.220. The Hall–Kier alpha value is -0.960. The van der Waals surface area contributed by atoms with Crippen molar-refractivity contribution in [2.75, 3.05) is 6.54 Å². The van der Waals surface area contributed by atoms with Gasteiger partial charge in [-0.25, -0.2) is 4.39 Å². The third kappa shape index (κ3) is 3.50. The summed E-state index contributed by atoms with van der Waals surface area (Å²) in [6.07, 6.45) is 4.99. The highest BCUT2D eigenvalue weighted by Crippen LogP contribution is 2.36. The number of nitrogens with zero attached hydrogens (tertiary/aromatic N) is 1. The summed E-state index contributed by atoms with van der Waals surface area (Å²) in [7, 11) is 0. The van der Waals surface area contributed by atoms with Crippen molar-refractivity contribution in [1.29, 1.82) is 0 Å². The SMILES string of the molecule is CCCNC(c1ccncc1F)C(C)(C)CC. The van der Waals surface area contributed by atoms with Crippen LogP contribution in [0.2, 0.25) is 0 Å². The summed E-state index contributed by atoms with van der Waals surface area (Å²) in [5.41, 5.74) is 0.748. The first-order valence-corrected chi connectivity index (χ1v) is 6.35. The van der Waals surface area contributed by atoms with E-state index in [9.17, 15) is 4.39 Å². The Morgan fingerprint density at radius 3 is 2.65 bits per heavy atom. The van der Waals surface area contributed by atoms with E-state index in [4.69, 9.17) is 0 Å². The molecule has 0 amide bonds. The van der Waals surface area contributed by atoms with E-state index in [2.05, 4.69) is 38.0 Å². The van der Waals surface area contributed by atoms with Crippen molar-refractivity contribution in [3.63, 3.8) is 0 Å². The molecule has 1 unspecified atom stereocenters. The zero-order chi connectivity index (χ0) is 12.9. The third-order valence-corrected chi connectivity index (χ3v) is 3.41. The molecule has 0 bridgehead atoms. The number of halogens is 1. The smallest absolute Gasteiger partial charge is 0.146 e. The van der Waals surface area contributed by atoms with Crippen LogP contribution >= 0.6 is 0 Å². The number of aromatic nitrogens is 1. The molecule has 17 heavy (non-hydrogen) atoms. The van der Waals surface area contributed by atoms with Crippen molar-refractivity contribution in [2.45, 2.75) is 46.6 Å². The maximum Gasteiger partial charge on any atom is 0.146 e. The van der Waals surface area contributed by atoms with E-state index >= 15 is 0 Å². The molecule has 1 N–H and O–H groups in total. The van der Waals surface area contributed by atoms with E-state index in [-0.39, 0.29) is 17.3 Å². The van der Waals surface area contributed by atoms with Gasteiger partial charge in [-0.1, -0.05) is 27.7 Å². The molecule has 1 atom stereocenters. The molecular weight excluding hydrogens is 215 g/mol. The van der Waals surface area contributed by atoms with Gasteiger partial charge in [-0.2, -0.15) is 0 Å². The fraction of sp³-hybridized carbons (Fsp3) is 0.643. The second-order valence-corrected chi connectivity index (χ2v) is 5.13. The number of hydrogen-bond acceptors (Lipinski definition) is 2. The minimum Gasteiger partial charge on any atom is -0.309 e. The summed E-state index contributed by atoms with van der Waals surface area (Å²) >= 11 is 0. The molecule has 0 saturated heterocycles. The molecule has 2 nitrogen and oxygen atoms in total. The lowest BCUT2D eigenvalue weighted by Gasteiger charge is -2.34. The van der Waals surface area contributed by atoms with Crippen molar-refractivity contribution in [3.05, 3.63) is 29.8 Å². The van der Waals surface area contributed by atoms with E-state index in [0.717, 1.165) is 24.9 Å². The predicted octanol–water partition coefficient (Wildman–Crippen LogP) is 3.70. The van der Waals surface area contributed by atoms with Crippen LogP contribution in [0.1, 0.15) is 52.1 Å². The monoisotopic (exact) mass is 238 g/mol. The molecule has 0 aliphatic heterocycles. The molecular formula is C14H23FN2. The predicted molar refractivity (Wildman–Crippen MR) is 69.3 cm³/mol. The lowest BCUT2D eigenvalue weighted by molar-refractivity contribution is 0.229. The van der Waals surface area contributed by atoms with E-state index in [1.807, 2.05) is 0 Å². The maximum atomic E-state index is 13.8. The summed E-state index contributed by atoms with van der Waals surface area (Å²) in [5, 5.41) is 3.45. The fourth-order valence-corrected chi connectivity index (χ4v) is 1.92. The Bertz CT molecular complexity index is 350. The third-order valence-electron chi connectivity index (χ3n) is 3.41. The normalized spacial score (nSPS) is 13.7. The van der Waals surface area contributed by atoms with Gasteiger partial charge in [0.1, 0.15) is 5.82 Å². The van der Waals surface area contributed by atoms with Crippen LogP contribution in [0.25, 0.3) is 0 Å². The van der Waals surface area contributed by atoms with Crippen molar-refractivity contribution in [1.82, 2.24) is 10.3 Å². The molecule has 1 heterocycles. The molecule has 0 aliphatic carbocycles. The van der Waals surface area contributed by atoms with Crippen LogP contribution in [0, 0.1) is 11.2 Å². The van der Waals surface area contributed by atoms with Crippen molar-refractivity contribution < 1.29 is 4.39 Å². The molecule has 1 aromatic rings. The number of pyridine rings is 1. The van der Waals surface area contributed by atoms with Crippen LogP contribution in [0.4, 0.5) is 4.39 Å².